The molecule has 0 spiro atoms. The van der Waals surface area contributed by atoms with Gasteiger partial charge in [0.2, 0.25) is 0 Å². The molecule has 10 nitrogen and oxygen atoms in total. The number of hydrogen-bond acceptors (Lipinski definition) is 5. The maximum Gasteiger partial charge on any atom is 0.303 e. The van der Waals surface area contributed by atoms with E-state index in [9.17, 15) is 29.4 Å². The van der Waals surface area contributed by atoms with E-state index in [1.807, 2.05) is 20.8 Å². The highest BCUT2D eigenvalue weighted by Crippen LogP contribution is 2.35. The lowest BCUT2D eigenvalue weighted by atomic mass is 9.98. The molecule has 238 valence electrons. The lowest BCUT2D eigenvalue weighted by molar-refractivity contribution is -0.138. The van der Waals surface area contributed by atoms with Crippen LogP contribution in [0.3, 0.4) is 0 Å². The van der Waals surface area contributed by atoms with E-state index >= 15 is 0 Å². The number of H-pyrrole nitrogens is 1. The van der Waals surface area contributed by atoms with Crippen LogP contribution in [0.5, 0.6) is 0 Å². The maximum atomic E-state index is 12.3. The van der Waals surface area contributed by atoms with Crippen molar-refractivity contribution in [2.24, 2.45) is 4.99 Å². The summed E-state index contributed by atoms with van der Waals surface area (Å²) in [6, 6.07) is 0. The number of carbonyl (C=O) groups is 4. The van der Waals surface area contributed by atoms with Crippen molar-refractivity contribution >= 4 is 66.4 Å². The molecule has 12 heteroatoms. The number of halogens is 2. The summed E-state index contributed by atoms with van der Waals surface area (Å²) in [7, 11) is 0. The van der Waals surface area contributed by atoms with Gasteiger partial charge in [0.05, 0.1) is 17.1 Å². The van der Waals surface area contributed by atoms with E-state index in [1.165, 1.54) is 6.08 Å². The van der Waals surface area contributed by atoms with Gasteiger partial charge in [-0.1, -0.05) is 25.3 Å². The summed E-state index contributed by atoms with van der Waals surface area (Å²) >= 11 is 0. The summed E-state index contributed by atoms with van der Waals surface area (Å²) in [6.07, 6.45) is 8.72. The van der Waals surface area contributed by atoms with E-state index in [2.05, 4.69) is 28.8 Å². The molecule has 3 aliphatic heterocycles. The second kappa shape index (κ2) is 14.9. The Morgan fingerprint density at radius 3 is 1.93 bits per heavy atom. The number of nitrogens with zero attached hydrogens (tertiary/aromatic N) is 1. The highest BCUT2D eigenvalue weighted by molar-refractivity contribution is 6.14. The van der Waals surface area contributed by atoms with Gasteiger partial charge in [0.1, 0.15) is 0 Å². The van der Waals surface area contributed by atoms with Crippen LogP contribution in [0.2, 0.25) is 0 Å². The zero-order chi connectivity index (χ0) is 31.6. The normalized spacial score (nSPS) is 18.8. The predicted octanol–water partition coefficient (Wildman–Crippen LogP) is 5.65. The molecule has 0 fully saturated rings. The van der Waals surface area contributed by atoms with Gasteiger partial charge >= 0.3 is 11.9 Å². The third-order valence-electron chi connectivity index (χ3n) is 7.86. The van der Waals surface area contributed by atoms with Gasteiger partial charge in [0.15, 0.2) is 0 Å². The fourth-order valence-electron chi connectivity index (χ4n) is 5.33. The minimum absolute atomic E-state index is 0. The Labute approximate surface area is 273 Å². The van der Waals surface area contributed by atoms with Crippen LogP contribution in [0.4, 0.5) is 0 Å². The van der Waals surface area contributed by atoms with Gasteiger partial charge in [-0.25, -0.2) is 4.99 Å². The zero-order valence-electron chi connectivity index (χ0n) is 25.4. The number of carboxylic acids is 2. The first kappa shape index (κ1) is 36.5. The molecule has 45 heavy (non-hydrogen) atoms. The number of amides is 2. The molecule has 1 aromatic rings. The number of aliphatic imine (C=N–C) groups is 1. The van der Waals surface area contributed by atoms with Crippen molar-refractivity contribution in [3.8, 4) is 0 Å². The average molecular weight is 656 g/mol. The molecule has 3 aliphatic rings. The topological polar surface area (TPSA) is 161 Å². The maximum absolute atomic E-state index is 12.3. The molecule has 0 aromatic carbocycles. The number of carboxylic acid groups (broad SMARTS) is 2. The van der Waals surface area contributed by atoms with Gasteiger partial charge in [-0.2, -0.15) is 0 Å². The van der Waals surface area contributed by atoms with Crippen LogP contribution >= 0.6 is 24.8 Å². The lowest BCUT2D eigenvalue weighted by Crippen LogP contribution is -2.16. The quantitative estimate of drug-likeness (QED) is 0.207. The Bertz CT molecular complexity index is 1730. The number of aromatic amines is 1. The van der Waals surface area contributed by atoms with Crippen LogP contribution in [0, 0.1) is 6.92 Å². The smallest absolute Gasteiger partial charge is 0.303 e. The highest BCUT2D eigenvalue weighted by Gasteiger charge is 2.27. The Balaban J connectivity index is 0.00000353. The molecule has 0 bridgehead atoms. The van der Waals surface area contributed by atoms with E-state index in [0.29, 0.717) is 50.9 Å². The molecule has 2 amide bonds. The number of rotatable bonds is 11. The molecule has 4 heterocycles. The molecule has 5 N–H and O–H groups in total. The van der Waals surface area contributed by atoms with Crippen LogP contribution in [-0.4, -0.2) is 44.7 Å². The van der Waals surface area contributed by atoms with Crippen molar-refractivity contribution < 1.29 is 29.4 Å². The van der Waals surface area contributed by atoms with E-state index in [-0.39, 0.29) is 62.3 Å². The third kappa shape index (κ3) is 7.53. The summed E-state index contributed by atoms with van der Waals surface area (Å²) in [6.45, 7) is 14.8. The summed E-state index contributed by atoms with van der Waals surface area (Å²) in [5.41, 5.74) is 9.11. The van der Waals surface area contributed by atoms with Gasteiger partial charge < -0.3 is 25.8 Å². The molecule has 0 unspecified atom stereocenters. The molecular weight excluding hydrogens is 619 g/mol. The second-order valence-corrected chi connectivity index (χ2v) is 10.5. The van der Waals surface area contributed by atoms with Crippen molar-refractivity contribution in [1.82, 2.24) is 15.6 Å². The first-order chi connectivity index (χ1) is 20.4. The van der Waals surface area contributed by atoms with Gasteiger partial charge in [0, 0.05) is 46.6 Å². The van der Waals surface area contributed by atoms with Crippen LogP contribution in [-0.2, 0) is 25.6 Å². The van der Waals surface area contributed by atoms with Crippen molar-refractivity contribution in [3.63, 3.8) is 0 Å². The molecule has 0 saturated heterocycles. The minimum atomic E-state index is -0.948. The van der Waals surface area contributed by atoms with Crippen molar-refractivity contribution in [2.75, 3.05) is 0 Å². The Morgan fingerprint density at radius 1 is 0.756 bits per heavy atom. The summed E-state index contributed by atoms with van der Waals surface area (Å²) in [5, 5.41) is 24.5. The zero-order valence-corrected chi connectivity index (χ0v) is 27.1. The Kier molecular flexibility index (Phi) is 12.1. The largest absolute Gasteiger partial charge is 0.481 e. The highest BCUT2D eigenvalue weighted by atomic mass is 35.5. The van der Waals surface area contributed by atoms with Gasteiger partial charge in [-0.15, -0.1) is 24.8 Å². The second-order valence-electron chi connectivity index (χ2n) is 10.5. The van der Waals surface area contributed by atoms with E-state index in [1.54, 1.807) is 31.2 Å². The van der Waals surface area contributed by atoms with Crippen LogP contribution in [0.1, 0.15) is 62.5 Å². The number of carbonyl (C=O) groups excluding carboxylic acids is 2. The Morgan fingerprint density at radius 2 is 1.36 bits per heavy atom. The molecule has 0 aliphatic carbocycles. The predicted molar refractivity (Wildman–Crippen MR) is 179 cm³/mol. The molecule has 0 atom stereocenters. The minimum Gasteiger partial charge on any atom is -0.481 e. The van der Waals surface area contributed by atoms with Crippen molar-refractivity contribution in [3.05, 3.63) is 104 Å². The standard InChI is InChI=1S/C33H34N4O6.2ClH/c1-7-20-19(6)32(42)37-27(20)14-25-18(5)23(10-12-31(40)41)29(35-25)15-28-22(9-11-30(38)39)17(4)24(34-28)13-26-16(3)21(8-2)33(43)36-26;;/h7-8,13-15,35H,1-2,9-12H2,3-6H3,(H,36,43)(H,37,42)(H,38,39)(H,40,41);2*1H/b26-13-,27-14-,28-15-;;. The molecule has 1 aromatic heterocycles. The first-order valence-electron chi connectivity index (χ1n) is 13.8. The monoisotopic (exact) mass is 654 g/mol. The number of aromatic nitrogens is 1. The van der Waals surface area contributed by atoms with Crippen LogP contribution in [0.15, 0.2) is 86.9 Å². The third-order valence-corrected chi connectivity index (χ3v) is 7.86. The van der Waals surface area contributed by atoms with Gasteiger partial charge in [-0.3, -0.25) is 19.2 Å². The summed E-state index contributed by atoms with van der Waals surface area (Å²) in [5.74, 6) is -2.36. The Hall–Kier alpha value is -4.67. The fourth-order valence-corrected chi connectivity index (χ4v) is 5.33. The molecule has 0 radical (unpaired) electrons. The van der Waals surface area contributed by atoms with E-state index < -0.39 is 11.9 Å². The number of hydrogen-bond donors (Lipinski definition) is 5. The molecular formula is C33H36Cl2N4O6. The summed E-state index contributed by atoms with van der Waals surface area (Å²) in [4.78, 5) is 55.8. The van der Waals surface area contributed by atoms with Gasteiger partial charge in [0.25, 0.3) is 11.8 Å². The van der Waals surface area contributed by atoms with Crippen LogP contribution < -0.4 is 10.6 Å². The van der Waals surface area contributed by atoms with Gasteiger partial charge in [-0.05, 0) is 86.6 Å². The number of aliphatic carboxylic acids is 2. The van der Waals surface area contributed by atoms with Crippen molar-refractivity contribution in [2.45, 2.75) is 53.4 Å². The average Bonchev–Trinajstić information content (AvgIpc) is 3.59. The fraction of sp³-hybridized carbons (Fsp3) is 0.242. The number of nitrogens with one attached hydrogen (secondary N) is 3. The molecule has 0 saturated carbocycles. The number of allylic oxidation sites excluding steroid dienone is 5. The summed E-state index contributed by atoms with van der Waals surface area (Å²) < 4.78 is 0. The van der Waals surface area contributed by atoms with Crippen molar-refractivity contribution in [1.29, 1.82) is 0 Å². The first-order valence-corrected chi connectivity index (χ1v) is 13.8. The lowest BCUT2D eigenvalue weighted by Gasteiger charge is -2.06. The SMILES string of the molecule is C=CC1=C(C)/C(=C/C2=NC(=C\c3[nH]c(/C=C4\NC(=O)C(C)=C4C=C)c(C)c3CCC(=O)O)/C(CCC(=O)O)=C2C)NC1=O.Cl.Cl. The molecule has 4 rings (SSSR count). The van der Waals surface area contributed by atoms with Crippen LogP contribution in [0.25, 0.3) is 12.2 Å². The van der Waals surface area contributed by atoms with E-state index in [4.69, 9.17) is 4.99 Å². The van der Waals surface area contributed by atoms with E-state index in [0.717, 1.165) is 27.8 Å².